The van der Waals surface area contributed by atoms with Crippen LogP contribution >= 0.6 is 0 Å². The molecule has 1 amide bonds. The molecule has 8 heteroatoms. The number of pyridine rings is 1. The number of ether oxygens (including phenoxy) is 1. The Morgan fingerprint density at radius 2 is 1.97 bits per heavy atom. The highest BCUT2D eigenvalue weighted by Crippen LogP contribution is 2.41. The maximum Gasteiger partial charge on any atom is 0.295 e. The van der Waals surface area contributed by atoms with Crippen molar-refractivity contribution >= 4 is 17.4 Å². The maximum atomic E-state index is 14.2. The number of Topliss-reactive ketones (excluding diaryl/α,β-unsaturated/α-hetero) is 1. The van der Waals surface area contributed by atoms with Gasteiger partial charge in [0, 0.05) is 24.5 Å². The van der Waals surface area contributed by atoms with Gasteiger partial charge >= 0.3 is 0 Å². The Kier molecular flexibility index (Phi) is 5.59. The van der Waals surface area contributed by atoms with Gasteiger partial charge in [-0.05, 0) is 47.5 Å². The highest BCUT2D eigenvalue weighted by Gasteiger charge is 2.46. The summed E-state index contributed by atoms with van der Waals surface area (Å²) >= 11 is 0. The van der Waals surface area contributed by atoms with Crippen LogP contribution in [0.4, 0.5) is 4.39 Å². The minimum Gasteiger partial charge on any atom is -0.508 e. The van der Waals surface area contributed by atoms with Crippen LogP contribution < -0.4 is 4.74 Å². The molecule has 0 spiro atoms. The van der Waals surface area contributed by atoms with Crippen LogP contribution in [0.2, 0.25) is 0 Å². The van der Waals surface area contributed by atoms with E-state index >= 15 is 0 Å². The van der Waals surface area contributed by atoms with Gasteiger partial charge in [-0.3, -0.25) is 14.6 Å². The molecule has 1 fully saturated rings. The summed E-state index contributed by atoms with van der Waals surface area (Å²) in [5.41, 5.74) is 0.917. The second-order valence-corrected chi connectivity index (χ2v) is 7.23. The molecule has 2 N–H and O–H groups in total. The van der Waals surface area contributed by atoms with Gasteiger partial charge in [0.25, 0.3) is 11.7 Å². The molecule has 0 bridgehead atoms. The third-order valence-electron chi connectivity index (χ3n) is 5.23. The Balaban J connectivity index is 1.87. The number of aromatic hydroxyl groups is 1. The molecule has 1 aliphatic heterocycles. The van der Waals surface area contributed by atoms with Gasteiger partial charge in [0.2, 0.25) is 0 Å². The quantitative estimate of drug-likeness (QED) is 0.362. The van der Waals surface area contributed by atoms with Gasteiger partial charge in [0.05, 0.1) is 18.7 Å². The third kappa shape index (κ3) is 3.78. The van der Waals surface area contributed by atoms with Gasteiger partial charge < -0.3 is 19.8 Å². The number of aliphatic hydroxyl groups excluding tert-OH is 1. The van der Waals surface area contributed by atoms with Crippen LogP contribution in [0.15, 0.2) is 72.6 Å². The summed E-state index contributed by atoms with van der Waals surface area (Å²) in [6.07, 6.45) is 3.15. The molecule has 4 rings (SSSR count). The molecule has 0 radical (unpaired) electrons. The first kappa shape index (κ1) is 21.0. The molecule has 1 atom stereocenters. The van der Waals surface area contributed by atoms with E-state index in [2.05, 4.69) is 4.98 Å². The first-order chi connectivity index (χ1) is 15.4. The number of ketones is 1. The smallest absolute Gasteiger partial charge is 0.295 e. The van der Waals surface area contributed by atoms with Gasteiger partial charge in [0.1, 0.15) is 11.5 Å². The van der Waals surface area contributed by atoms with Crippen molar-refractivity contribution in [3.05, 3.63) is 95.1 Å². The van der Waals surface area contributed by atoms with Crippen LogP contribution in [0.25, 0.3) is 5.76 Å². The molecule has 2 heterocycles. The second kappa shape index (κ2) is 8.50. The first-order valence-electron chi connectivity index (χ1n) is 9.71. The lowest BCUT2D eigenvalue weighted by atomic mass is 9.95. The average Bonchev–Trinajstić information content (AvgIpc) is 3.04. The molecular weight excluding hydrogens is 415 g/mol. The number of phenols is 1. The lowest BCUT2D eigenvalue weighted by Gasteiger charge is -2.25. The van der Waals surface area contributed by atoms with Gasteiger partial charge in [-0.1, -0.05) is 18.2 Å². The predicted octanol–water partition coefficient (Wildman–Crippen LogP) is 3.56. The number of nitrogens with zero attached hydrogens (tertiary/aromatic N) is 2. The number of phenolic OH excluding ortho intramolecular Hbond substituents is 1. The SMILES string of the molecule is COc1ccc(/C(O)=C2\C(=O)C(=O)N(Cc3cccnc3)C2c2cccc(O)c2)cc1F. The van der Waals surface area contributed by atoms with E-state index in [0.717, 1.165) is 6.07 Å². The monoisotopic (exact) mass is 434 g/mol. The van der Waals surface area contributed by atoms with Crippen molar-refractivity contribution in [3.8, 4) is 11.5 Å². The zero-order valence-corrected chi connectivity index (χ0v) is 17.0. The third-order valence-corrected chi connectivity index (χ3v) is 5.23. The minimum absolute atomic E-state index is 0.0211. The summed E-state index contributed by atoms with van der Waals surface area (Å²) in [6, 6.07) is 12.3. The van der Waals surface area contributed by atoms with Crippen LogP contribution in [-0.2, 0) is 16.1 Å². The summed E-state index contributed by atoms with van der Waals surface area (Å²) in [5.74, 6) is -3.07. The molecule has 0 aliphatic carbocycles. The summed E-state index contributed by atoms with van der Waals surface area (Å²) in [5, 5.41) is 21.0. The van der Waals surface area contributed by atoms with Crippen LogP contribution in [0.3, 0.4) is 0 Å². The number of halogens is 1. The minimum atomic E-state index is -0.993. The summed E-state index contributed by atoms with van der Waals surface area (Å²) in [6.45, 7) is 0.0481. The van der Waals surface area contributed by atoms with E-state index in [-0.39, 0.29) is 29.2 Å². The number of hydrogen-bond acceptors (Lipinski definition) is 6. The second-order valence-electron chi connectivity index (χ2n) is 7.23. The lowest BCUT2D eigenvalue weighted by molar-refractivity contribution is -0.140. The van der Waals surface area contributed by atoms with Gasteiger partial charge in [-0.25, -0.2) is 4.39 Å². The van der Waals surface area contributed by atoms with E-state index in [1.165, 1.54) is 36.3 Å². The average molecular weight is 434 g/mol. The van der Waals surface area contributed by atoms with Crippen molar-refractivity contribution in [1.29, 1.82) is 0 Å². The molecule has 162 valence electrons. The molecule has 2 aromatic carbocycles. The fraction of sp³-hybridized carbons (Fsp3) is 0.125. The molecule has 1 aromatic heterocycles. The van der Waals surface area contributed by atoms with Crippen LogP contribution in [-0.4, -0.2) is 38.9 Å². The number of benzene rings is 2. The van der Waals surface area contributed by atoms with Crippen molar-refractivity contribution in [2.75, 3.05) is 7.11 Å². The normalized spacial score (nSPS) is 17.6. The van der Waals surface area contributed by atoms with Crippen LogP contribution in [0.1, 0.15) is 22.7 Å². The lowest BCUT2D eigenvalue weighted by Crippen LogP contribution is -2.29. The number of likely N-dealkylation sites (tertiary alicyclic amines) is 1. The van der Waals surface area contributed by atoms with E-state index in [0.29, 0.717) is 11.1 Å². The topological polar surface area (TPSA) is 100.0 Å². The molecule has 1 aliphatic rings. The first-order valence-corrected chi connectivity index (χ1v) is 9.71. The van der Waals surface area contributed by atoms with Crippen molar-refractivity contribution in [3.63, 3.8) is 0 Å². The summed E-state index contributed by atoms with van der Waals surface area (Å²) in [7, 11) is 1.31. The zero-order valence-electron chi connectivity index (χ0n) is 17.0. The number of carbonyl (C=O) groups is 2. The van der Waals surface area contributed by atoms with Gasteiger partial charge in [0.15, 0.2) is 11.6 Å². The molecular formula is C24H19FN2O5. The number of carbonyl (C=O) groups excluding carboxylic acids is 2. The van der Waals surface area contributed by atoms with Crippen LogP contribution in [0.5, 0.6) is 11.5 Å². The standard InChI is InChI=1S/C24H19FN2O5/c1-32-19-8-7-16(11-18(19)25)22(29)20-21(15-5-2-6-17(28)10-15)27(24(31)23(20)30)13-14-4-3-9-26-12-14/h2-12,21,28-29H,13H2,1H3/b22-20+. The predicted molar refractivity (Wildman–Crippen MR) is 113 cm³/mol. The van der Waals surface area contributed by atoms with E-state index in [1.807, 2.05) is 0 Å². The van der Waals surface area contributed by atoms with E-state index in [9.17, 15) is 24.2 Å². The van der Waals surface area contributed by atoms with Gasteiger partial charge in [-0.15, -0.1) is 0 Å². The highest BCUT2D eigenvalue weighted by atomic mass is 19.1. The van der Waals surface area contributed by atoms with Crippen LogP contribution in [0, 0.1) is 5.82 Å². The van der Waals surface area contributed by atoms with Crippen molar-refractivity contribution in [2.45, 2.75) is 12.6 Å². The highest BCUT2D eigenvalue weighted by molar-refractivity contribution is 6.46. The van der Waals surface area contributed by atoms with Crippen molar-refractivity contribution in [2.24, 2.45) is 0 Å². The number of methoxy groups -OCH3 is 1. The Hall–Kier alpha value is -4.20. The number of hydrogen-bond donors (Lipinski definition) is 2. The van der Waals surface area contributed by atoms with E-state index in [1.54, 1.807) is 36.7 Å². The van der Waals surface area contributed by atoms with E-state index in [4.69, 9.17) is 4.74 Å². The van der Waals surface area contributed by atoms with Crippen molar-refractivity contribution in [1.82, 2.24) is 9.88 Å². The fourth-order valence-electron chi connectivity index (χ4n) is 3.74. The Bertz CT molecular complexity index is 1230. The molecule has 1 unspecified atom stereocenters. The summed E-state index contributed by atoms with van der Waals surface area (Å²) in [4.78, 5) is 31.3. The number of rotatable bonds is 5. The van der Waals surface area contributed by atoms with E-state index < -0.39 is 29.3 Å². The molecule has 1 saturated heterocycles. The number of aromatic nitrogens is 1. The number of aliphatic hydroxyl groups is 1. The molecule has 7 nitrogen and oxygen atoms in total. The molecule has 32 heavy (non-hydrogen) atoms. The van der Waals surface area contributed by atoms with Crippen molar-refractivity contribution < 1.29 is 28.9 Å². The molecule has 3 aromatic rings. The largest absolute Gasteiger partial charge is 0.508 e. The molecule has 0 saturated carbocycles. The van der Waals surface area contributed by atoms with Gasteiger partial charge in [-0.2, -0.15) is 0 Å². The Labute approximate surface area is 183 Å². The Morgan fingerprint density at radius 3 is 2.62 bits per heavy atom. The zero-order chi connectivity index (χ0) is 22.8. The maximum absolute atomic E-state index is 14.2. The Morgan fingerprint density at radius 1 is 1.16 bits per heavy atom. The number of amides is 1. The summed E-state index contributed by atoms with van der Waals surface area (Å²) < 4.78 is 19.1. The fourth-order valence-corrected chi connectivity index (χ4v) is 3.74.